The van der Waals surface area contributed by atoms with Crippen molar-refractivity contribution in [3.63, 3.8) is 0 Å². The molecule has 1 saturated carbocycles. The SMILES string of the molecule is C=C1C(=O)O[C@H]2[C@H]3C(CO[C@H]4O[C@H](CO)[C@@H](O)[C@H](O)[C@H]4O)=CC(=O)[C@@H]3[C@@H](C)C[C@H](OC(=O)/C=C/c3ccccc3)[C@@H]12. The lowest BCUT2D eigenvalue weighted by atomic mass is 9.78. The largest absolute Gasteiger partial charge is 0.458 e. The van der Waals surface area contributed by atoms with Crippen LogP contribution in [0.1, 0.15) is 18.9 Å². The summed E-state index contributed by atoms with van der Waals surface area (Å²) < 4.78 is 22.7. The number of allylic oxidation sites excluding steroid dienone is 1. The van der Waals surface area contributed by atoms with Crippen LogP contribution in [0.5, 0.6) is 0 Å². The smallest absolute Gasteiger partial charge is 0.334 e. The van der Waals surface area contributed by atoms with Crippen LogP contribution < -0.4 is 0 Å². The lowest BCUT2D eigenvalue weighted by molar-refractivity contribution is -0.299. The van der Waals surface area contributed by atoms with E-state index in [-0.39, 0.29) is 23.9 Å². The second-order valence-electron chi connectivity index (χ2n) is 11.0. The average molecular weight is 571 g/mol. The monoisotopic (exact) mass is 570 g/mol. The Balaban J connectivity index is 1.35. The maximum absolute atomic E-state index is 13.2. The predicted octanol–water partition coefficient (Wildman–Crippen LogP) is 0.307. The van der Waals surface area contributed by atoms with Crippen LogP contribution in [0.25, 0.3) is 6.08 Å². The summed E-state index contributed by atoms with van der Waals surface area (Å²) in [4.78, 5) is 38.7. The minimum Gasteiger partial charge on any atom is -0.458 e. The van der Waals surface area contributed by atoms with Crippen LogP contribution in [0, 0.1) is 23.7 Å². The molecule has 41 heavy (non-hydrogen) atoms. The first-order valence-corrected chi connectivity index (χ1v) is 13.6. The lowest BCUT2D eigenvalue weighted by Crippen LogP contribution is -2.59. The number of hydrogen-bond donors (Lipinski definition) is 4. The van der Waals surface area contributed by atoms with Gasteiger partial charge in [0.25, 0.3) is 0 Å². The molecule has 11 heteroatoms. The summed E-state index contributed by atoms with van der Waals surface area (Å²) >= 11 is 0. The minimum absolute atomic E-state index is 0.154. The molecular weight excluding hydrogens is 536 g/mol. The number of carbonyl (C=O) groups is 3. The summed E-state index contributed by atoms with van der Waals surface area (Å²) in [5, 5.41) is 39.9. The van der Waals surface area contributed by atoms with Crippen molar-refractivity contribution in [2.24, 2.45) is 23.7 Å². The van der Waals surface area contributed by atoms with Crippen LogP contribution >= 0.6 is 0 Å². The van der Waals surface area contributed by atoms with E-state index < -0.39 is 79.2 Å². The molecule has 0 bridgehead atoms. The Morgan fingerprint density at radius 3 is 2.51 bits per heavy atom. The molecule has 220 valence electrons. The van der Waals surface area contributed by atoms with E-state index in [2.05, 4.69) is 6.58 Å². The molecule has 0 amide bonds. The molecule has 0 radical (unpaired) electrons. The topological polar surface area (TPSA) is 169 Å². The quantitative estimate of drug-likeness (QED) is 0.263. The number of rotatable bonds is 7. The molecule has 1 aromatic rings. The number of benzene rings is 1. The van der Waals surface area contributed by atoms with Gasteiger partial charge in [0.05, 0.1) is 19.1 Å². The third-order valence-corrected chi connectivity index (χ3v) is 8.45. The van der Waals surface area contributed by atoms with E-state index >= 15 is 0 Å². The molecule has 4 N–H and O–H groups in total. The van der Waals surface area contributed by atoms with E-state index in [0.717, 1.165) is 5.56 Å². The molecule has 2 heterocycles. The Bertz CT molecular complexity index is 1240. The normalized spacial score (nSPS) is 38.7. The third kappa shape index (κ3) is 5.66. The summed E-state index contributed by atoms with van der Waals surface area (Å²) in [6.07, 6.45) is -4.29. The fourth-order valence-corrected chi connectivity index (χ4v) is 6.39. The molecule has 11 nitrogen and oxygen atoms in total. The van der Waals surface area contributed by atoms with Crippen LogP contribution in [0.4, 0.5) is 0 Å². The molecule has 2 aliphatic heterocycles. The fourth-order valence-electron chi connectivity index (χ4n) is 6.39. The van der Waals surface area contributed by atoms with Gasteiger partial charge in [-0.2, -0.15) is 0 Å². The van der Waals surface area contributed by atoms with Crippen LogP contribution in [0.3, 0.4) is 0 Å². The van der Waals surface area contributed by atoms with Gasteiger partial charge in [0.15, 0.2) is 12.1 Å². The molecule has 0 aromatic heterocycles. The zero-order valence-corrected chi connectivity index (χ0v) is 22.4. The number of fused-ring (bicyclic) bond motifs is 3. The molecule has 0 spiro atoms. The van der Waals surface area contributed by atoms with E-state index in [1.54, 1.807) is 6.08 Å². The number of hydrogen-bond acceptors (Lipinski definition) is 11. The highest BCUT2D eigenvalue weighted by molar-refractivity contribution is 5.97. The number of ketones is 1. The van der Waals surface area contributed by atoms with Crippen LogP contribution in [0.15, 0.2) is 60.2 Å². The van der Waals surface area contributed by atoms with Crippen molar-refractivity contribution in [3.05, 3.63) is 65.8 Å². The van der Waals surface area contributed by atoms with Gasteiger partial charge in [-0.15, -0.1) is 0 Å². The van der Waals surface area contributed by atoms with Crippen molar-refractivity contribution in [1.82, 2.24) is 0 Å². The first-order valence-electron chi connectivity index (χ1n) is 13.6. The summed E-state index contributed by atoms with van der Waals surface area (Å²) in [6, 6.07) is 9.23. The van der Waals surface area contributed by atoms with Gasteiger partial charge >= 0.3 is 11.9 Å². The highest BCUT2D eigenvalue weighted by atomic mass is 16.7. The molecule has 0 unspecified atom stereocenters. The van der Waals surface area contributed by atoms with E-state index in [0.29, 0.717) is 12.0 Å². The Kier molecular flexibility index (Phi) is 8.55. The van der Waals surface area contributed by atoms with Gasteiger partial charge in [0.2, 0.25) is 0 Å². The lowest BCUT2D eigenvalue weighted by Gasteiger charge is -2.40. The van der Waals surface area contributed by atoms with E-state index in [1.807, 2.05) is 37.3 Å². The molecule has 2 aliphatic carbocycles. The van der Waals surface area contributed by atoms with Crippen molar-refractivity contribution in [2.75, 3.05) is 13.2 Å². The number of esters is 2. The zero-order chi connectivity index (χ0) is 29.4. The Morgan fingerprint density at radius 1 is 1.07 bits per heavy atom. The van der Waals surface area contributed by atoms with Gasteiger partial charge in [-0.05, 0) is 35.6 Å². The minimum atomic E-state index is -1.62. The summed E-state index contributed by atoms with van der Waals surface area (Å²) in [7, 11) is 0. The number of aliphatic hydroxyl groups excluding tert-OH is 4. The van der Waals surface area contributed by atoms with E-state index in [9.17, 15) is 34.8 Å². The number of aliphatic hydroxyl groups is 4. The molecule has 11 atom stereocenters. The van der Waals surface area contributed by atoms with Crippen LogP contribution in [-0.2, 0) is 33.3 Å². The Morgan fingerprint density at radius 2 is 1.80 bits per heavy atom. The maximum atomic E-state index is 13.2. The number of carbonyl (C=O) groups excluding carboxylic acids is 3. The molecule has 1 aromatic carbocycles. The first kappa shape index (κ1) is 29.3. The molecule has 5 rings (SSSR count). The van der Waals surface area contributed by atoms with E-state index in [1.165, 1.54) is 12.2 Å². The highest BCUT2D eigenvalue weighted by Gasteiger charge is 2.58. The van der Waals surface area contributed by atoms with Crippen molar-refractivity contribution in [3.8, 4) is 0 Å². The van der Waals surface area contributed by atoms with Gasteiger partial charge in [-0.1, -0.05) is 43.8 Å². The maximum Gasteiger partial charge on any atom is 0.334 e. The van der Waals surface area contributed by atoms with Gasteiger partial charge in [0, 0.05) is 23.5 Å². The second-order valence-corrected chi connectivity index (χ2v) is 11.0. The van der Waals surface area contributed by atoms with Crippen LogP contribution in [-0.4, -0.2) is 94.3 Å². The van der Waals surface area contributed by atoms with Gasteiger partial charge in [0.1, 0.15) is 36.6 Å². The molecule has 2 saturated heterocycles. The second kappa shape index (κ2) is 12.0. The third-order valence-electron chi connectivity index (χ3n) is 8.45. The highest BCUT2D eigenvalue weighted by Crippen LogP contribution is 2.50. The average Bonchev–Trinajstić information content (AvgIpc) is 3.40. The summed E-state index contributed by atoms with van der Waals surface area (Å²) in [6.45, 7) is 4.95. The fraction of sp³-hybridized carbons (Fsp3) is 0.500. The zero-order valence-electron chi connectivity index (χ0n) is 22.4. The first-order chi connectivity index (χ1) is 19.6. The van der Waals surface area contributed by atoms with Crippen molar-refractivity contribution >= 4 is 23.8 Å². The predicted molar refractivity (Wildman–Crippen MR) is 141 cm³/mol. The summed E-state index contributed by atoms with van der Waals surface area (Å²) in [5.41, 5.74) is 1.45. The van der Waals surface area contributed by atoms with Gasteiger partial charge in [-0.25, -0.2) is 9.59 Å². The molecule has 4 aliphatic rings. The van der Waals surface area contributed by atoms with Crippen molar-refractivity contribution in [1.29, 1.82) is 0 Å². The van der Waals surface area contributed by atoms with Crippen molar-refractivity contribution < 1.29 is 53.8 Å². The molecule has 3 fully saturated rings. The molecular formula is C30H34O11. The van der Waals surface area contributed by atoms with Crippen LogP contribution in [0.2, 0.25) is 0 Å². The summed E-state index contributed by atoms with van der Waals surface area (Å²) in [5.74, 6) is -3.59. The van der Waals surface area contributed by atoms with Gasteiger partial charge in [-0.3, -0.25) is 4.79 Å². The Hall–Kier alpha value is -3.19. The van der Waals surface area contributed by atoms with Crippen molar-refractivity contribution in [2.45, 2.75) is 56.3 Å². The Labute approximate surface area is 236 Å². The standard InChI is InChI=1S/C30H34O11/c1-14-10-19(39-21(33)9-8-16-6-4-3-5-7-16)23-15(2)29(37)41-28(23)24-17(11-18(32)22(14)24)13-38-30-27(36)26(35)25(34)20(12-31)40-30/h3-9,11,14,19-20,22-28,30-31,34-36H,2,10,12-13H2,1H3/b9-8+/t14-,19-,20+,22-,23+,24-,25+,26-,27+,28+,30-/m0/s1. The van der Waals surface area contributed by atoms with E-state index in [4.69, 9.17) is 18.9 Å². The van der Waals surface area contributed by atoms with Gasteiger partial charge < -0.3 is 39.4 Å². The number of ether oxygens (including phenoxy) is 4.